The van der Waals surface area contributed by atoms with Crippen molar-refractivity contribution in [3.8, 4) is 22.9 Å². The first-order valence-electron chi connectivity index (χ1n) is 7.88. The Morgan fingerprint density at radius 1 is 1.31 bits per heavy atom. The second kappa shape index (κ2) is 6.93. The molecule has 0 radical (unpaired) electrons. The monoisotopic (exact) mass is 354 g/mol. The van der Waals surface area contributed by atoms with Gasteiger partial charge in [0.05, 0.1) is 17.0 Å². The van der Waals surface area contributed by atoms with Crippen LogP contribution in [0.15, 0.2) is 43.0 Å². The number of carbonyl (C=O) groups is 1. The summed E-state index contributed by atoms with van der Waals surface area (Å²) in [6, 6.07) is 6.32. The van der Waals surface area contributed by atoms with Crippen molar-refractivity contribution < 1.29 is 19.7 Å². The van der Waals surface area contributed by atoms with Crippen molar-refractivity contribution >= 4 is 6.29 Å². The summed E-state index contributed by atoms with van der Waals surface area (Å²) in [6.45, 7) is 3.30. The molecule has 26 heavy (non-hydrogen) atoms. The Morgan fingerprint density at radius 3 is 2.85 bits per heavy atom. The molecule has 1 aromatic carbocycles. The number of aldehydes is 1. The van der Waals surface area contributed by atoms with Crippen molar-refractivity contribution in [1.82, 2.24) is 19.7 Å². The molecule has 0 aliphatic heterocycles. The summed E-state index contributed by atoms with van der Waals surface area (Å²) in [7, 11) is 0. The van der Waals surface area contributed by atoms with Gasteiger partial charge in [-0.2, -0.15) is 5.10 Å². The molecule has 0 amide bonds. The highest BCUT2D eigenvalue weighted by molar-refractivity contribution is 5.83. The van der Waals surface area contributed by atoms with Crippen LogP contribution in [-0.2, 0) is 12.3 Å². The largest absolute Gasteiger partial charge is 0.507 e. The lowest BCUT2D eigenvalue weighted by molar-refractivity contribution is -0.00869. The molecule has 0 aliphatic carbocycles. The molecule has 2 heterocycles. The number of hydrogen-bond donors (Lipinski definition) is 2. The maximum Gasteiger partial charge on any atom is 0.157 e. The molecule has 0 unspecified atom stereocenters. The van der Waals surface area contributed by atoms with Crippen LogP contribution in [0.4, 0.5) is 0 Å². The van der Waals surface area contributed by atoms with E-state index in [1.807, 2.05) is 0 Å². The Bertz CT molecular complexity index is 931. The van der Waals surface area contributed by atoms with E-state index in [0.717, 1.165) is 0 Å². The number of rotatable bonds is 6. The van der Waals surface area contributed by atoms with Gasteiger partial charge in [-0.1, -0.05) is 6.07 Å². The summed E-state index contributed by atoms with van der Waals surface area (Å²) < 4.78 is 7.14. The molecule has 2 aromatic heterocycles. The second-order valence-corrected chi connectivity index (χ2v) is 6.11. The highest BCUT2D eigenvalue weighted by Crippen LogP contribution is 2.28. The summed E-state index contributed by atoms with van der Waals surface area (Å²) in [5.41, 5.74) is 0.654. The SMILES string of the molecule is CC(C)(O)n1nccc1-c1ncncc1COc1cccc(O)c1C=O. The average Bonchev–Trinajstić information content (AvgIpc) is 3.10. The summed E-state index contributed by atoms with van der Waals surface area (Å²) in [4.78, 5) is 19.5. The molecule has 2 N–H and O–H groups in total. The van der Waals surface area contributed by atoms with Crippen LogP contribution in [0.5, 0.6) is 11.5 Å². The zero-order valence-electron chi connectivity index (χ0n) is 14.3. The quantitative estimate of drug-likeness (QED) is 0.652. The molecule has 134 valence electrons. The maximum atomic E-state index is 11.2. The minimum absolute atomic E-state index is 0.0670. The molecule has 0 aliphatic rings. The molecule has 0 bridgehead atoms. The fourth-order valence-corrected chi connectivity index (χ4v) is 2.55. The van der Waals surface area contributed by atoms with Crippen LogP contribution in [0.2, 0.25) is 0 Å². The van der Waals surface area contributed by atoms with Crippen molar-refractivity contribution in [1.29, 1.82) is 0 Å². The van der Waals surface area contributed by atoms with E-state index >= 15 is 0 Å². The molecule has 0 spiro atoms. The van der Waals surface area contributed by atoms with Gasteiger partial charge in [-0.3, -0.25) is 4.79 Å². The molecule has 3 rings (SSSR count). The molecule has 0 atom stereocenters. The topological polar surface area (TPSA) is 110 Å². The Hall–Kier alpha value is -3.26. The smallest absolute Gasteiger partial charge is 0.157 e. The van der Waals surface area contributed by atoms with Crippen LogP contribution in [0.3, 0.4) is 0 Å². The zero-order valence-corrected chi connectivity index (χ0v) is 14.3. The first-order chi connectivity index (χ1) is 12.4. The fraction of sp³-hybridized carbons (Fsp3) is 0.222. The number of phenols is 1. The summed E-state index contributed by atoms with van der Waals surface area (Å²) in [5, 5.41) is 24.2. The van der Waals surface area contributed by atoms with Crippen molar-refractivity contribution in [2.75, 3.05) is 0 Å². The number of ether oxygens (including phenoxy) is 1. The Labute approximate surface area is 149 Å². The van der Waals surface area contributed by atoms with E-state index in [9.17, 15) is 15.0 Å². The third-order valence-corrected chi connectivity index (χ3v) is 3.74. The minimum Gasteiger partial charge on any atom is -0.507 e. The van der Waals surface area contributed by atoms with Crippen molar-refractivity contribution in [2.45, 2.75) is 26.2 Å². The number of nitrogens with zero attached hydrogens (tertiary/aromatic N) is 4. The fourth-order valence-electron chi connectivity index (χ4n) is 2.55. The lowest BCUT2D eigenvalue weighted by atomic mass is 10.1. The van der Waals surface area contributed by atoms with Crippen LogP contribution in [0, 0.1) is 0 Å². The molecule has 3 aromatic rings. The van der Waals surface area contributed by atoms with Crippen LogP contribution < -0.4 is 4.74 Å². The third-order valence-electron chi connectivity index (χ3n) is 3.74. The minimum atomic E-state index is -1.21. The molecule has 8 heteroatoms. The molecule has 8 nitrogen and oxygen atoms in total. The first kappa shape index (κ1) is 17.6. The number of aliphatic hydroxyl groups is 1. The number of aromatic hydroxyl groups is 1. The van der Waals surface area contributed by atoms with Gasteiger partial charge in [-0.15, -0.1) is 0 Å². The van der Waals surface area contributed by atoms with Crippen LogP contribution >= 0.6 is 0 Å². The number of benzene rings is 1. The van der Waals surface area contributed by atoms with Crippen molar-refractivity contribution in [3.05, 3.63) is 54.1 Å². The maximum absolute atomic E-state index is 11.2. The zero-order chi connectivity index (χ0) is 18.7. The van der Waals surface area contributed by atoms with Crippen LogP contribution in [0.25, 0.3) is 11.4 Å². The van der Waals surface area contributed by atoms with E-state index in [0.29, 0.717) is 23.2 Å². The lowest BCUT2D eigenvalue weighted by Gasteiger charge is -2.21. The van der Waals surface area contributed by atoms with Gasteiger partial charge in [-0.25, -0.2) is 14.6 Å². The Kier molecular flexibility index (Phi) is 4.68. The van der Waals surface area contributed by atoms with Gasteiger partial charge in [-0.05, 0) is 32.0 Å². The number of hydrogen-bond acceptors (Lipinski definition) is 7. The van der Waals surface area contributed by atoms with Crippen molar-refractivity contribution in [3.63, 3.8) is 0 Å². The molecular weight excluding hydrogens is 336 g/mol. The standard InChI is InChI=1S/C18H18N4O4/c1-18(2,25)22-14(6-7-21-22)17-12(8-19-11-20-17)10-26-16-5-3-4-15(24)13(16)9-23/h3-9,11,24-25H,10H2,1-2H3. The first-order valence-corrected chi connectivity index (χ1v) is 7.88. The normalized spacial score (nSPS) is 11.3. The highest BCUT2D eigenvalue weighted by atomic mass is 16.5. The number of carbonyl (C=O) groups excluding carboxylic acids is 1. The second-order valence-electron chi connectivity index (χ2n) is 6.11. The van der Waals surface area contributed by atoms with Crippen molar-refractivity contribution in [2.24, 2.45) is 0 Å². The highest BCUT2D eigenvalue weighted by Gasteiger charge is 2.22. The average molecular weight is 354 g/mol. The van der Waals surface area contributed by atoms with E-state index in [4.69, 9.17) is 4.74 Å². The predicted octanol–water partition coefficient (Wildman–Crippen LogP) is 2.12. The molecular formula is C18H18N4O4. The van der Waals surface area contributed by atoms with Gasteiger partial charge in [0.25, 0.3) is 0 Å². The lowest BCUT2D eigenvalue weighted by Crippen LogP contribution is -2.27. The van der Waals surface area contributed by atoms with Gasteiger partial charge in [0, 0.05) is 18.0 Å². The third kappa shape index (κ3) is 3.40. The summed E-state index contributed by atoms with van der Waals surface area (Å²) in [6.07, 6.45) is 5.09. The van der Waals surface area contributed by atoms with E-state index < -0.39 is 5.72 Å². The Balaban J connectivity index is 1.94. The summed E-state index contributed by atoms with van der Waals surface area (Å²) >= 11 is 0. The molecule has 0 fully saturated rings. The molecule has 0 saturated carbocycles. The van der Waals surface area contributed by atoms with Crippen LogP contribution in [-0.4, -0.2) is 36.2 Å². The van der Waals surface area contributed by atoms with E-state index in [1.165, 1.54) is 17.1 Å². The number of aromatic nitrogens is 4. The van der Waals surface area contributed by atoms with E-state index in [2.05, 4.69) is 15.1 Å². The van der Waals surface area contributed by atoms with Gasteiger partial charge in [0.1, 0.15) is 24.4 Å². The van der Waals surface area contributed by atoms with E-state index in [-0.39, 0.29) is 23.7 Å². The Morgan fingerprint density at radius 2 is 2.12 bits per heavy atom. The van der Waals surface area contributed by atoms with E-state index in [1.54, 1.807) is 44.4 Å². The summed E-state index contributed by atoms with van der Waals surface area (Å²) in [5.74, 6) is 0.105. The molecule has 0 saturated heterocycles. The van der Waals surface area contributed by atoms with Gasteiger partial charge >= 0.3 is 0 Å². The van der Waals surface area contributed by atoms with Gasteiger partial charge in [0.2, 0.25) is 0 Å². The van der Waals surface area contributed by atoms with Crippen LogP contribution in [0.1, 0.15) is 29.8 Å². The van der Waals surface area contributed by atoms with Gasteiger partial charge < -0.3 is 14.9 Å². The van der Waals surface area contributed by atoms with Gasteiger partial charge in [0.15, 0.2) is 12.0 Å². The predicted molar refractivity (Wildman–Crippen MR) is 92.6 cm³/mol. The number of phenolic OH excluding ortho intramolecular Hbond substituents is 1.